The Morgan fingerprint density at radius 1 is 1.29 bits per heavy atom. The summed E-state index contributed by atoms with van der Waals surface area (Å²) in [6.07, 6.45) is 3.79. The number of piperidine rings is 1. The number of carbonyl (C=O) groups is 2. The van der Waals surface area contributed by atoms with Crippen LogP contribution in [-0.4, -0.2) is 54.2 Å². The SMILES string of the molecule is CCCNc1ccc(C(=O)NC2CCN(C(=O)OCC)CC2)cn1. The van der Waals surface area contributed by atoms with E-state index in [2.05, 4.69) is 22.5 Å². The number of carbonyl (C=O) groups excluding carboxylic acids is 2. The molecule has 0 spiro atoms. The molecule has 1 aliphatic heterocycles. The number of nitrogens with one attached hydrogen (secondary N) is 2. The lowest BCUT2D eigenvalue weighted by molar-refractivity contribution is 0.0860. The Morgan fingerprint density at radius 3 is 2.62 bits per heavy atom. The van der Waals surface area contributed by atoms with Crippen LogP contribution in [0.2, 0.25) is 0 Å². The van der Waals surface area contributed by atoms with E-state index in [9.17, 15) is 9.59 Å². The van der Waals surface area contributed by atoms with Gasteiger partial charge >= 0.3 is 6.09 Å². The lowest BCUT2D eigenvalue weighted by Gasteiger charge is -2.31. The van der Waals surface area contributed by atoms with Crippen molar-refractivity contribution in [1.82, 2.24) is 15.2 Å². The van der Waals surface area contributed by atoms with Crippen molar-refractivity contribution in [3.05, 3.63) is 23.9 Å². The topological polar surface area (TPSA) is 83.6 Å². The van der Waals surface area contributed by atoms with E-state index < -0.39 is 0 Å². The number of anilines is 1. The number of pyridine rings is 1. The number of hydrogen-bond acceptors (Lipinski definition) is 5. The predicted molar refractivity (Wildman–Crippen MR) is 92.1 cm³/mol. The first-order valence-electron chi connectivity index (χ1n) is 8.56. The summed E-state index contributed by atoms with van der Waals surface area (Å²) in [4.78, 5) is 29.9. The van der Waals surface area contributed by atoms with Gasteiger partial charge in [-0.1, -0.05) is 6.92 Å². The normalized spacial score (nSPS) is 15.0. The highest BCUT2D eigenvalue weighted by Gasteiger charge is 2.24. The lowest BCUT2D eigenvalue weighted by atomic mass is 10.0. The largest absolute Gasteiger partial charge is 0.450 e. The van der Waals surface area contributed by atoms with Gasteiger partial charge < -0.3 is 20.3 Å². The highest BCUT2D eigenvalue weighted by Crippen LogP contribution is 2.13. The van der Waals surface area contributed by atoms with Gasteiger partial charge in [0.15, 0.2) is 0 Å². The third kappa shape index (κ3) is 5.11. The summed E-state index contributed by atoms with van der Waals surface area (Å²) in [6, 6.07) is 3.66. The molecule has 7 nitrogen and oxygen atoms in total. The first-order valence-corrected chi connectivity index (χ1v) is 8.56. The van der Waals surface area contributed by atoms with Gasteiger partial charge in [-0.15, -0.1) is 0 Å². The summed E-state index contributed by atoms with van der Waals surface area (Å²) in [5.74, 6) is 0.648. The second-order valence-electron chi connectivity index (χ2n) is 5.79. The van der Waals surface area contributed by atoms with Crippen molar-refractivity contribution in [2.45, 2.75) is 39.2 Å². The van der Waals surface area contributed by atoms with E-state index in [1.165, 1.54) is 0 Å². The van der Waals surface area contributed by atoms with E-state index in [1.807, 2.05) is 6.07 Å². The zero-order valence-corrected chi connectivity index (χ0v) is 14.4. The van der Waals surface area contributed by atoms with Crippen molar-refractivity contribution in [3.63, 3.8) is 0 Å². The van der Waals surface area contributed by atoms with Crippen molar-refractivity contribution >= 4 is 17.8 Å². The van der Waals surface area contributed by atoms with Crippen LogP contribution in [0.5, 0.6) is 0 Å². The van der Waals surface area contributed by atoms with Crippen LogP contribution in [-0.2, 0) is 4.74 Å². The van der Waals surface area contributed by atoms with Gasteiger partial charge in [0.05, 0.1) is 12.2 Å². The lowest BCUT2D eigenvalue weighted by Crippen LogP contribution is -2.46. The quantitative estimate of drug-likeness (QED) is 0.834. The van der Waals surface area contributed by atoms with Crippen LogP contribution >= 0.6 is 0 Å². The molecule has 7 heteroatoms. The summed E-state index contributed by atoms with van der Waals surface area (Å²) in [5.41, 5.74) is 0.546. The minimum absolute atomic E-state index is 0.0704. The van der Waals surface area contributed by atoms with Crippen molar-refractivity contribution in [3.8, 4) is 0 Å². The maximum atomic E-state index is 12.3. The summed E-state index contributed by atoms with van der Waals surface area (Å²) < 4.78 is 4.99. The fourth-order valence-corrected chi connectivity index (χ4v) is 2.58. The van der Waals surface area contributed by atoms with Crippen LogP contribution in [0.15, 0.2) is 18.3 Å². The number of nitrogens with zero attached hydrogens (tertiary/aromatic N) is 2. The predicted octanol–water partition coefficient (Wildman–Crippen LogP) is 2.25. The zero-order chi connectivity index (χ0) is 17.4. The first-order chi connectivity index (χ1) is 11.6. The molecule has 132 valence electrons. The summed E-state index contributed by atoms with van der Waals surface area (Å²) in [5, 5.41) is 6.19. The first kappa shape index (κ1) is 18.0. The highest BCUT2D eigenvalue weighted by atomic mass is 16.6. The van der Waals surface area contributed by atoms with Crippen LogP contribution in [0, 0.1) is 0 Å². The molecule has 0 radical (unpaired) electrons. The Morgan fingerprint density at radius 2 is 2.04 bits per heavy atom. The molecule has 24 heavy (non-hydrogen) atoms. The molecular weight excluding hydrogens is 308 g/mol. The molecule has 1 aliphatic rings. The van der Waals surface area contributed by atoms with Crippen molar-refractivity contribution in [2.24, 2.45) is 0 Å². The molecule has 2 amide bonds. The van der Waals surface area contributed by atoms with Gasteiger partial charge in [0.2, 0.25) is 0 Å². The molecule has 0 aromatic carbocycles. The standard InChI is InChI=1S/C17H26N4O3/c1-3-9-18-15-6-5-13(12-19-15)16(22)20-14-7-10-21(11-8-14)17(23)24-4-2/h5-6,12,14H,3-4,7-11H2,1-2H3,(H,18,19)(H,20,22). The molecule has 0 saturated carbocycles. The molecule has 2 N–H and O–H groups in total. The summed E-state index contributed by atoms with van der Waals surface area (Å²) >= 11 is 0. The van der Waals surface area contributed by atoms with Gasteiger partial charge in [-0.05, 0) is 38.3 Å². The molecule has 0 atom stereocenters. The number of amides is 2. The fourth-order valence-electron chi connectivity index (χ4n) is 2.58. The van der Waals surface area contributed by atoms with Gasteiger partial charge in [0.1, 0.15) is 5.82 Å². The average Bonchev–Trinajstić information content (AvgIpc) is 2.61. The maximum absolute atomic E-state index is 12.3. The smallest absolute Gasteiger partial charge is 0.409 e. The van der Waals surface area contributed by atoms with E-state index >= 15 is 0 Å². The van der Waals surface area contributed by atoms with E-state index in [1.54, 1.807) is 24.1 Å². The molecule has 2 rings (SSSR count). The van der Waals surface area contributed by atoms with Gasteiger partial charge in [-0.2, -0.15) is 0 Å². The zero-order valence-electron chi connectivity index (χ0n) is 14.4. The molecule has 2 heterocycles. The molecule has 0 bridgehead atoms. The fraction of sp³-hybridized carbons (Fsp3) is 0.588. The van der Waals surface area contributed by atoms with Crippen LogP contribution in [0.4, 0.5) is 10.6 Å². The number of hydrogen-bond donors (Lipinski definition) is 2. The molecular formula is C17H26N4O3. The number of aromatic nitrogens is 1. The molecule has 1 saturated heterocycles. The van der Waals surface area contributed by atoms with Crippen LogP contribution < -0.4 is 10.6 Å². The van der Waals surface area contributed by atoms with Crippen molar-refractivity contribution in [2.75, 3.05) is 31.6 Å². The van der Waals surface area contributed by atoms with Crippen LogP contribution in [0.1, 0.15) is 43.5 Å². The van der Waals surface area contributed by atoms with Crippen molar-refractivity contribution in [1.29, 1.82) is 0 Å². The Hall–Kier alpha value is -2.31. The number of ether oxygens (including phenoxy) is 1. The van der Waals surface area contributed by atoms with Gasteiger partial charge in [-0.25, -0.2) is 9.78 Å². The minimum atomic E-state index is -0.276. The van der Waals surface area contributed by atoms with Crippen LogP contribution in [0.25, 0.3) is 0 Å². The Bertz CT molecular complexity index is 539. The monoisotopic (exact) mass is 334 g/mol. The van der Waals surface area contributed by atoms with E-state index in [4.69, 9.17) is 4.74 Å². The van der Waals surface area contributed by atoms with E-state index in [0.29, 0.717) is 25.3 Å². The highest BCUT2D eigenvalue weighted by molar-refractivity contribution is 5.94. The van der Waals surface area contributed by atoms with Gasteiger partial charge in [0.25, 0.3) is 5.91 Å². The van der Waals surface area contributed by atoms with E-state index in [0.717, 1.165) is 31.6 Å². The van der Waals surface area contributed by atoms with Crippen molar-refractivity contribution < 1.29 is 14.3 Å². The summed E-state index contributed by atoms with van der Waals surface area (Å²) in [6.45, 7) is 6.32. The Balaban J connectivity index is 1.80. The Labute approximate surface area is 142 Å². The molecule has 1 fully saturated rings. The molecule has 0 unspecified atom stereocenters. The average molecular weight is 334 g/mol. The third-order valence-corrected chi connectivity index (χ3v) is 3.94. The molecule has 0 aliphatic carbocycles. The molecule has 1 aromatic heterocycles. The van der Waals surface area contributed by atoms with Gasteiger partial charge in [0, 0.05) is 31.9 Å². The maximum Gasteiger partial charge on any atom is 0.409 e. The minimum Gasteiger partial charge on any atom is -0.450 e. The third-order valence-electron chi connectivity index (χ3n) is 3.94. The van der Waals surface area contributed by atoms with Gasteiger partial charge in [-0.3, -0.25) is 4.79 Å². The second kappa shape index (κ2) is 9.10. The number of likely N-dealkylation sites (tertiary alicyclic amines) is 1. The second-order valence-corrected chi connectivity index (χ2v) is 5.79. The number of rotatable bonds is 6. The van der Waals surface area contributed by atoms with Crippen LogP contribution in [0.3, 0.4) is 0 Å². The Kier molecular flexibility index (Phi) is 6.84. The van der Waals surface area contributed by atoms with E-state index in [-0.39, 0.29) is 18.0 Å². The summed E-state index contributed by atoms with van der Waals surface area (Å²) in [7, 11) is 0. The molecule has 1 aromatic rings.